The van der Waals surface area contributed by atoms with Gasteiger partial charge < -0.3 is 5.32 Å². The van der Waals surface area contributed by atoms with Crippen LogP contribution in [0.1, 0.15) is 43.0 Å². The summed E-state index contributed by atoms with van der Waals surface area (Å²) >= 11 is 1.67. The van der Waals surface area contributed by atoms with Crippen molar-refractivity contribution < 1.29 is 4.39 Å². The first-order valence-electron chi connectivity index (χ1n) is 6.84. The summed E-state index contributed by atoms with van der Waals surface area (Å²) in [5.74, 6) is 0.234. The fraction of sp³-hybridized carbons (Fsp3) is 0.438. The first-order chi connectivity index (χ1) is 9.44. The maximum absolute atomic E-state index is 13.3. The highest BCUT2D eigenvalue weighted by Crippen LogP contribution is 2.30. The second-order valence-electron chi connectivity index (χ2n) is 5.62. The highest BCUT2D eigenvalue weighted by Gasteiger charge is 2.28. The van der Waals surface area contributed by atoms with Crippen LogP contribution < -0.4 is 5.32 Å². The van der Waals surface area contributed by atoms with Crippen molar-refractivity contribution in [1.82, 2.24) is 10.3 Å². The molecule has 0 aliphatic rings. The topological polar surface area (TPSA) is 24.9 Å². The molecule has 108 valence electrons. The number of thiazole rings is 1. The van der Waals surface area contributed by atoms with Crippen LogP contribution in [0.25, 0.3) is 0 Å². The Balaban J connectivity index is 2.28. The van der Waals surface area contributed by atoms with Crippen LogP contribution in [0.5, 0.6) is 0 Å². The van der Waals surface area contributed by atoms with Gasteiger partial charge >= 0.3 is 0 Å². The fourth-order valence-corrected chi connectivity index (χ4v) is 3.28. The minimum absolute atomic E-state index is 0.192. The molecule has 0 bridgehead atoms. The predicted octanol–water partition coefficient (Wildman–Crippen LogP) is 4.08. The fourth-order valence-electron chi connectivity index (χ4n) is 2.13. The van der Waals surface area contributed by atoms with Crippen LogP contribution in [-0.2, 0) is 12.0 Å². The SMILES string of the molecule is CNC(C)(Cc1cccc(F)c1)c1nc(C(C)C)cs1. The Morgan fingerprint density at radius 1 is 1.40 bits per heavy atom. The molecule has 1 aromatic heterocycles. The average molecular weight is 292 g/mol. The molecule has 0 radical (unpaired) electrons. The predicted molar refractivity (Wildman–Crippen MR) is 82.7 cm³/mol. The van der Waals surface area contributed by atoms with E-state index in [0.717, 1.165) is 16.3 Å². The molecule has 4 heteroatoms. The van der Waals surface area contributed by atoms with Crippen molar-refractivity contribution in [2.75, 3.05) is 7.05 Å². The lowest BCUT2D eigenvalue weighted by Gasteiger charge is -2.27. The van der Waals surface area contributed by atoms with E-state index < -0.39 is 0 Å². The molecule has 2 rings (SSSR count). The zero-order chi connectivity index (χ0) is 14.8. The van der Waals surface area contributed by atoms with Crippen LogP contribution in [0, 0.1) is 5.82 Å². The lowest BCUT2D eigenvalue weighted by Crippen LogP contribution is -2.39. The van der Waals surface area contributed by atoms with Crippen molar-refractivity contribution >= 4 is 11.3 Å². The Labute approximate surface area is 124 Å². The average Bonchev–Trinajstić information content (AvgIpc) is 2.89. The summed E-state index contributed by atoms with van der Waals surface area (Å²) in [5.41, 5.74) is 1.82. The number of halogens is 1. The van der Waals surface area contributed by atoms with Gasteiger partial charge in [-0.2, -0.15) is 0 Å². The van der Waals surface area contributed by atoms with Crippen LogP contribution in [0.3, 0.4) is 0 Å². The number of nitrogens with one attached hydrogen (secondary N) is 1. The van der Waals surface area contributed by atoms with Crippen molar-refractivity contribution in [3.05, 3.63) is 51.7 Å². The van der Waals surface area contributed by atoms with E-state index in [0.29, 0.717) is 12.3 Å². The van der Waals surface area contributed by atoms with Crippen molar-refractivity contribution in [1.29, 1.82) is 0 Å². The van der Waals surface area contributed by atoms with Gasteiger partial charge in [0.05, 0.1) is 11.2 Å². The van der Waals surface area contributed by atoms with Crippen LogP contribution in [0.2, 0.25) is 0 Å². The molecule has 0 saturated heterocycles. The van der Waals surface area contributed by atoms with Gasteiger partial charge in [-0.1, -0.05) is 26.0 Å². The van der Waals surface area contributed by atoms with E-state index >= 15 is 0 Å². The molecule has 0 saturated carbocycles. The Bertz CT molecular complexity index is 579. The van der Waals surface area contributed by atoms with Gasteiger partial charge in [-0.25, -0.2) is 9.37 Å². The summed E-state index contributed by atoms with van der Waals surface area (Å²) < 4.78 is 13.3. The van der Waals surface area contributed by atoms with Gasteiger partial charge in [0.1, 0.15) is 10.8 Å². The molecule has 1 aromatic carbocycles. The number of aromatic nitrogens is 1. The third-order valence-corrected chi connectivity index (χ3v) is 4.71. The molecule has 1 unspecified atom stereocenters. The summed E-state index contributed by atoms with van der Waals surface area (Å²) in [7, 11) is 1.93. The number of rotatable bonds is 5. The van der Waals surface area contributed by atoms with Crippen molar-refractivity contribution in [3.63, 3.8) is 0 Å². The van der Waals surface area contributed by atoms with Gasteiger partial charge in [0.15, 0.2) is 0 Å². The van der Waals surface area contributed by atoms with Crippen LogP contribution >= 0.6 is 11.3 Å². The maximum Gasteiger partial charge on any atom is 0.123 e. The highest BCUT2D eigenvalue weighted by molar-refractivity contribution is 7.09. The van der Waals surface area contributed by atoms with E-state index in [1.807, 2.05) is 13.1 Å². The van der Waals surface area contributed by atoms with E-state index in [2.05, 4.69) is 31.5 Å². The molecule has 0 fully saturated rings. The Hall–Kier alpha value is -1.26. The molecule has 2 nitrogen and oxygen atoms in total. The largest absolute Gasteiger partial charge is 0.308 e. The molecular weight excluding hydrogens is 271 g/mol. The highest BCUT2D eigenvalue weighted by atomic mass is 32.1. The molecule has 20 heavy (non-hydrogen) atoms. The standard InChI is InChI=1S/C16H21FN2S/c1-11(2)14-10-20-15(19-14)16(3,18-4)9-12-6-5-7-13(17)8-12/h5-8,10-11,18H,9H2,1-4H3. The summed E-state index contributed by atoms with van der Waals surface area (Å²) in [6.45, 7) is 6.39. The summed E-state index contributed by atoms with van der Waals surface area (Å²) in [5, 5.41) is 6.50. The molecule has 2 aromatic rings. The molecular formula is C16H21FN2S. The molecule has 1 N–H and O–H groups in total. The lowest BCUT2D eigenvalue weighted by molar-refractivity contribution is 0.393. The Morgan fingerprint density at radius 3 is 2.70 bits per heavy atom. The van der Waals surface area contributed by atoms with Gasteiger partial charge in [0, 0.05) is 5.38 Å². The van der Waals surface area contributed by atoms with E-state index in [9.17, 15) is 4.39 Å². The molecule has 0 aliphatic carbocycles. The second kappa shape index (κ2) is 6.02. The van der Waals surface area contributed by atoms with Crippen LogP contribution in [-0.4, -0.2) is 12.0 Å². The van der Waals surface area contributed by atoms with Crippen LogP contribution in [0.4, 0.5) is 4.39 Å². The van der Waals surface area contributed by atoms with E-state index in [-0.39, 0.29) is 11.4 Å². The van der Waals surface area contributed by atoms with E-state index in [1.165, 1.54) is 6.07 Å². The number of nitrogens with zero attached hydrogens (tertiary/aromatic N) is 1. The first-order valence-corrected chi connectivity index (χ1v) is 7.72. The Kier molecular flexibility index (Phi) is 4.55. The monoisotopic (exact) mass is 292 g/mol. The van der Waals surface area contributed by atoms with Gasteiger partial charge in [-0.15, -0.1) is 11.3 Å². The minimum Gasteiger partial charge on any atom is -0.308 e. The van der Waals surface area contributed by atoms with Gasteiger partial charge in [-0.05, 0) is 44.0 Å². The van der Waals surface area contributed by atoms with Crippen molar-refractivity contribution in [2.45, 2.75) is 38.6 Å². The number of hydrogen-bond acceptors (Lipinski definition) is 3. The zero-order valence-corrected chi connectivity index (χ0v) is 13.2. The Morgan fingerprint density at radius 2 is 2.15 bits per heavy atom. The zero-order valence-electron chi connectivity index (χ0n) is 12.4. The van der Waals surface area contributed by atoms with Gasteiger partial charge in [0.2, 0.25) is 0 Å². The summed E-state index contributed by atoms with van der Waals surface area (Å²) in [4.78, 5) is 4.73. The normalized spacial score (nSPS) is 14.5. The number of likely N-dealkylation sites (N-methyl/N-ethyl adjacent to an activating group) is 1. The quantitative estimate of drug-likeness (QED) is 0.898. The van der Waals surface area contributed by atoms with Gasteiger partial charge in [0.25, 0.3) is 0 Å². The third kappa shape index (κ3) is 3.25. The third-order valence-electron chi connectivity index (χ3n) is 3.58. The lowest BCUT2D eigenvalue weighted by atomic mass is 9.93. The van der Waals surface area contributed by atoms with E-state index in [1.54, 1.807) is 23.5 Å². The van der Waals surface area contributed by atoms with E-state index in [4.69, 9.17) is 4.98 Å². The first kappa shape index (κ1) is 15.1. The van der Waals surface area contributed by atoms with Crippen molar-refractivity contribution in [3.8, 4) is 0 Å². The second-order valence-corrected chi connectivity index (χ2v) is 6.48. The molecule has 1 atom stereocenters. The van der Waals surface area contributed by atoms with Gasteiger partial charge in [-0.3, -0.25) is 0 Å². The van der Waals surface area contributed by atoms with Crippen LogP contribution in [0.15, 0.2) is 29.6 Å². The molecule has 0 spiro atoms. The van der Waals surface area contributed by atoms with Crippen molar-refractivity contribution in [2.24, 2.45) is 0 Å². The summed E-state index contributed by atoms with van der Waals surface area (Å²) in [6.07, 6.45) is 0.715. The smallest absolute Gasteiger partial charge is 0.123 e. The molecule has 0 aliphatic heterocycles. The number of hydrogen-bond donors (Lipinski definition) is 1. The summed E-state index contributed by atoms with van der Waals surface area (Å²) in [6, 6.07) is 6.77. The minimum atomic E-state index is -0.272. The maximum atomic E-state index is 13.3. The number of benzene rings is 1. The molecule has 1 heterocycles. The molecule has 0 amide bonds.